The van der Waals surface area contributed by atoms with Crippen molar-refractivity contribution in [2.75, 3.05) is 0 Å². The molecule has 1 unspecified atom stereocenters. The standard InChI is InChI=1S/C16H23N3/c1-19-16-10-6-5-9-13(16)15(18-19)11-14(17)12-7-3-2-4-8-12/h5-6,9-10,12,14H,2-4,7-8,11,17H2,1H3. The number of hydrogen-bond acceptors (Lipinski definition) is 2. The Morgan fingerprint density at radius 1 is 1.26 bits per heavy atom. The van der Waals surface area contributed by atoms with E-state index in [9.17, 15) is 0 Å². The van der Waals surface area contributed by atoms with Gasteiger partial charge < -0.3 is 5.73 Å². The average Bonchev–Trinajstić information content (AvgIpc) is 2.77. The van der Waals surface area contributed by atoms with Crippen LogP contribution in [-0.4, -0.2) is 15.8 Å². The van der Waals surface area contributed by atoms with Gasteiger partial charge in [0.05, 0.1) is 11.2 Å². The second-order valence-corrected chi connectivity index (χ2v) is 5.85. The Bertz CT molecular complexity index is 552. The summed E-state index contributed by atoms with van der Waals surface area (Å²) in [5, 5.41) is 5.92. The molecule has 1 aromatic heterocycles. The first-order chi connectivity index (χ1) is 9.25. The van der Waals surface area contributed by atoms with Crippen LogP contribution in [0.2, 0.25) is 0 Å². The summed E-state index contributed by atoms with van der Waals surface area (Å²) in [6, 6.07) is 8.69. The van der Waals surface area contributed by atoms with Crippen LogP contribution >= 0.6 is 0 Å². The first kappa shape index (κ1) is 12.7. The molecule has 102 valence electrons. The fraction of sp³-hybridized carbons (Fsp3) is 0.562. The second kappa shape index (κ2) is 5.33. The molecule has 0 aliphatic heterocycles. The highest BCUT2D eigenvalue weighted by atomic mass is 15.3. The summed E-state index contributed by atoms with van der Waals surface area (Å²) >= 11 is 0. The van der Waals surface area contributed by atoms with Crippen LogP contribution in [-0.2, 0) is 13.5 Å². The van der Waals surface area contributed by atoms with Crippen molar-refractivity contribution in [3.05, 3.63) is 30.0 Å². The van der Waals surface area contributed by atoms with E-state index in [2.05, 4.69) is 29.4 Å². The Kier molecular flexibility index (Phi) is 3.56. The SMILES string of the molecule is Cn1nc(CC(N)C2CCCCC2)c2ccccc21. The van der Waals surface area contributed by atoms with Gasteiger partial charge in [-0.1, -0.05) is 37.5 Å². The minimum atomic E-state index is 0.263. The zero-order chi connectivity index (χ0) is 13.2. The second-order valence-electron chi connectivity index (χ2n) is 5.85. The molecular formula is C16H23N3. The minimum Gasteiger partial charge on any atom is -0.327 e. The molecule has 0 radical (unpaired) electrons. The van der Waals surface area contributed by atoms with Gasteiger partial charge in [0, 0.05) is 24.9 Å². The lowest BCUT2D eigenvalue weighted by Gasteiger charge is -2.27. The third-order valence-electron chi connectivity index (χ3n) is 4.52. The smallest absolute Gasteiger partial charge is 0.0718 e. The highest BCUT2D eigenvalue weighted by molar-refractivity contribution is 5.81. The molecule has 1 atom stereocenters. The molecule has 1 aromatic carbocycles. The predicted octanol–water partition coefficient (Wildman–Crippen LogP) is 3.02. The molecule has 1 saturated carbocycles. The van der Waals surface area contributed by atoms with Gasteiger partial charge in [-0.2, -0.15) is 5.10 Å². The van der Waals surface area contributed by atoms with Crippen molar-refractivity contribution >= 4 is 10.9 Å². The number of rotatable bonds is 3. The molecule has 0 saturated heterocycles. The zero-order valence-electron chi connectivity index (χ0n) is 11.7. The average molecular weight is 257 g/mol. The van der Waals surface area contributed by atoms with E-state index in [0.29, 0.717) is 5.92 Å². The van der Waals surface area contributed by atoms with E-state index in [1.165, 1.54) is 43.0 Å². The van der Waals surface area contributed by atoms with Gasteiger partial charge in [0.2, 0.25) is 0 Å². The van der Waals surface area contributed by atoms with E-state index in [0.717, 1.165) is 12.1 Å². The summed E-state index contributed by atoms with van der Waals surface area (Å²) in [5.74, 6) is 0.689. The molecule has 3 rings (SSSR count). The molecule has 3 nitrogen and oxygen atoms in total. The topological polar surface area (TPSA) is 43.8 Å². The summed E-state index contributed by atoms with van der Waals surface area (Å²) in [6.07, 6.45) is 7.59. The summed E-state index contributed by atoms with van der Waals surface area (Å²) < 4.78 is 1.97. The number of aryl methyl sites for hydroxylation is 1. The van der Waals surface area contributed by atoms with Gasteiger partial charge in [0.15, 0.2) is 0 Å². The molecule has 1 heterocycles. The van der Waals surface area contributed by atoms with Gasteiger partial charge >= 0.3 is 0 Å². The van der Waals surface area contributed by atoms with Crippen LogP contribution in [0.15, 0.2) is 24.3 Å². The van der Waals surface area contributed by atoms with Crippen LogP contribution in [0, 0.1) is 5.92 Å². The predicted molar refractivity (Wildman–Crippen MR) is 79.0 cm³/mol. The van der Waals surface area contributed by atoms with E-state index in [4.69, 9.17) is 5.73 Å². The van der Waals surface area contributed by atoms with Crippen molar-refractivity contribution in [1.29, 1.82) is 0 Å². The van der Waals surface area contributed by atoms with Crippen molar-refractivity contribution in [2.45, 2.75) is 44.6 Å². The van der Waals surface area contributed by atoms with E-state index in [1.807, 2.05) is 11.7 Å². The maximum atomic E-state index is 6.43. The van der Waals surface area contributed by atoms with Gasteiger partial charge in [0.1, 0.15) is 0 Å². The number of nitrogens with two attached hydrogens (primary N) is 1. The van der Waals surface area contributed by atoms with Crippen LogP contribution in [0.3, 0.4) is 0 Å². The van der Waals surface area contributed by atoms with Gasteiger partial charge in [-0.05, 0) is 24.8 Å². The van der Waals surface area contributed by atoms with Crippen LogP contribution in [0.1, 0.15) is 37.8 Å². The summed E-state index contributed by atoms with van der Waals surface area (Å²) in [4.78, 5) is 0. The molecule has 0 spiro atoms. The van der Waals surface area contributed by atoms with E-state index in [1.54, 1.807) is 0 Å². The van der Waals surface area contributed by atoms with E-state index in [-0.39, 0.29) is 6.04 Å². The number of fused-ring (bicyclic) bond motifs is 1. The highest BCUT2D eigenvalue weighted by Crippen LogP contribution is 2.28. The molecule has 0 amide bonds. The van der Waals surface area contributed by atoms with Crippen LogP contribution in [0.4, 0.5) is 0 Å². The molecule has 2 aromatic rings. The summed E-state index contributed by atoms with van der Waals surface area (Å²) in [7, 11) is 2.01. The van der Waals surface area contributed by atoms with Crippen molar-refractivity contribution in [3.63, 3.8) is 0 Å². The van der Waals surface area contributed by atoms with Crippen molar-refractivity contribution in [2.24, 2.45) is 18.7 Å². The third kappa shape index (κ3) is 2.52. The zero-order valence-corrected chi connectivity index (χ0v) is 11.7. The first-order valence-corrected chi connectivity index (χ1v) is 7.42. The Balaban J connectivity index is 1.81. The molecule has 1 aliphatic carbocycles. The lowest BCUT2D eigenvalue weighted by Crippen LogP contribution is -2.33. The summed E-state index contributed by atoms with van der Waals surface area (Å²) in [5.41, 5.74) is 8.80. The number of benzene rings is 1. The largest absolute Gasteiger partial charge is 0.327 e. The Hall–Kier alpha value is -1.35. The molecule has 1 fully saturated rings. The Morgan fingerprint density at radius 2 is 2.00 bits per heavy atom. The molecule has 0 bridgehead atoms. The monoisotopic (exact) mass is 257 g/mol. The third-order valence-corrected chi connectivity index (χ3v) is 4.52. The molecular weight excluding hydrogens is 234 g/mol. The van der Waals surface area contributed by atoms with Crippen molar-refractivity contribution in [3.8, 4) is 0 Å². The lowest BCUT2D eigenvalue weighted by molar-refractivity contribution is 0.302. The fourth-order valence-electron chi connectivity index (χ4n) is 3.39. The van der Waals surface area contributed by atoms with E-state index >= 15 is 0 Å². The fourth-order valence-corrected chi connectivity index (χ4v) is 3.39. The van der Waals surface area contributed by atoms with Crippen LogP contribution in [0.5, 0.6) is 0 Å². The number of para-hydroxylation sites is 1. The Morgan fingerprint density at radius 3 is 2.79 bits per heavy atom. The summed E-state index contributed by atoms with van der Waals surface area (Å²) in [6.45, 7) is 0. The van der Waals surface area contributed by atoms with Crippen molar-refractivity contribution in [1.82, 2.24) is 9.78 Å². The van der Waals surface area contributed by atoms with Crippen molar-refractivity contribution < 1.29 is 0 Å². The molecule has 3 heteroatoms. The normalized spacial score (nSPS) is 18.8. The van der Waals surface area contributed by atoms with Gasteiger partial charge in [-0.15, -0.1) is 0 Å². The maximum Gasteiger partial charge on any atom is 0.0718 e. The minimum absolute atomic E-state index is 0.263. The number of nitrogens with zero attached hydrogens (tertiary/aromatic N) is 2. The number of aromatic nitrogens is 2. The molecule has 1 aliphatic rings. The maximum absolute atomic E-state index is 6.43. The number of hydrogen-bond donors (Lipinski definition) is 1. The van der Waals surface area contributed by atoms with Gasteiger partial charge in [0.25, 0.3) is 0 Å². The van der Waals surface area contributed by atoms with Crippen LogP contribution in [0.25, 0.3) is 10.9 Å². The molecule has 19 heavy (non-hydrogen) atoms. The quantitative estimate of drug-likeness (QED) is 0.918. The van der Waals surface area contributed by atoms with Crippen LogP contribution < -0.4 is 5.73 Å². The lowest BCUT2D eigenvalue weighted by atomic mass is 9.82. The molecule has 2 N–H and O–H groups in total. The highest BCUT2D eigenvalue weighted by Gasteiger charge is 2.22. The van der Waals surface area contributed by atoms with E-state index < -0.39 is 0 Å². The first-order valence-electron chi connectivity index (χ1n) is 7.42. The Labute approximate surface area is 114 Å². The van der Waals surface area contributed by atoms with Gasteiger partial charge in [-0.25, -0.2) is 0 Å². The van der Waals surface area contributed by atoms with Gasteiger partial charge in [-0.3, -0.25) is 4.68 Å².